The average Bonchev–Trinajstić information content (AvgIpc) is 3.58. The first kappa shape index (κ1) is 24.2. The maximum atomic E-state index is 13.1. The van der Waals surface area contributed by atoms with Crippen LogP contribution < -0.4 is 10.3 Å². The second-order valence-electron chi connectivity index (χ2n) is 9.49. The van der Waals surface area contributed by atoms with Crippen molar-refractivity contribution in [2.75, 3.05) is 6.61 Å². The molecule has 1 N–H and O–H groups in total. The van der Waals surface area contributed by atoms with E-state index in [0.29, 0.717) is 31.3 Å². The molecule has 190 valence electrons. The fraction of sp³-hybridized carbons (Fsp3) is 0.481. The van der Waals surface area contributed by atoms with Crippen LogP contribution in [0.25, 0.3) is 10.9 Å². The Morgan fingerprint density at radius 3 is 2.78 bits per heavy atom. The first-order valence-corrected chi connectivity index (χ1v) is 13.0. The Morgan fingerprint density at radius 2 is 2.03 bits per heavy atom. The van der Waals surface area contributed by atoms with Gasteiger partial charge < -0.3 is 14.1 Å². The highest BCUT2D eigenvalue weighted by Gasteiger charge is 2.29. The van der Waals surface area contributed by atoms with Crippen molar-refractivity contribution in [3.63, 3.8) is 0 Å². The van der Waals surface area contributed by atoms with Gasteiger partial charge in [0.1, 0.15) is 11.5 Å². The minimum Gasteiger partial charge on any atom is -0.494 e. The van der Waals surface area contributed by atoms with Crippen molar-refractivity contribution < 1.29 is 9.15 Å². The summed E-state index contributed by atoms with van der Waals surface area (Å²) in [5, 5.41) is 13.9. The molecule has 0 unspecified atom stereocenters. The van der Waals surface area contributed by atoms with Gasteiger partial charge >= 0.3 is 0 Å². The van der Waals surface area contributed by atoms with Crippen molar-refractivity contribution >= 4 is 10.9 Å². The fourth-order valence-corrected chi connectivity index (χ4v) is 5.31. The summed E-state index contributed by atoms with van der Waals surface area (Å²) in [6, 6.07) is 11.8. The van der Waals surface area contributed by atoms with E-state index in [2.05, 4.69) is 32.3 Å². The van der Waals surface area contributed by atoms with Gasteiger partial charge in [0.25, 0.3) is 5.56 Å². The van der Waals surface area contributed by atoms with E-state index in [1.165, 1.54) is 19.3 Å². The third-order valence-electron chi connectivity index (χ3n) is 7.08. The molecule has 0 amide bonds. The topological polar surface area (TPSA) is 102 Å². The molecule has 1 aliphatic rings. The number of tetrazole rings is 1. The molecule has 0 saturated heterocycles. The zero-order chi connectivity index (χ0) is 24.9. The molecule has 0 radical (unpaired) electrons. The van der Waals surface area contributed by atoms with Gasteiger partial charge in [-0.15, -0.1) is 5.10 Å². The van der Waals surface area contributed by atoms with Gasteiger partial charge in [0.2, 0.25) is 0 Å². The Morgan fingerprint density at radius 1 is 1.17 bits per heavy atom. The molecule has 1 aliphatic carbocycles. The second-order valence-corrected chi connectivity index (χ2v) is 9.49. The van der Waals surface area contributed by atoms with Gasteiger partial charge in [0.05, 0.1) is 31.5 Å². The summed E-state index contributed by atoms with van der Waals surface area (Å²) in [6.45, 7) is 5.66. The zero-order valence-electron chi connectivity index (χ0n) is 21.0. The lowest BCUT2D eigenvalue weighted by Gasteiger charge is -2.31. The van der Waals surface area contributed by atoms with E-state index in [9.17, 15) is 4.79 Å². The smallest absolute Gasteiger partial charge is 0.252 e. The average molecular weight is 491 g/mol. The summed E-state index contributed by atoms with van der Waals surface area (Å²) in [5.74, 6) is 2.47. The van der Waals surface area contributed by atoms with Crippen molar-refractivity contribution in [3.8, 4) is 5.75 Å². The van der Waals surface area contributed by atoms with Crippen LogP contribution in [-0.4, -0.2) is 36.7 Å². The van der Waals surface area contributed by atoms with Crippen molar-refractivity contribution in [1.29, 1.82) is 0 Å². The van der Waals surface area contributed by atoms with Crippen LogP contribution in [0.4, 0.5) is 0 Å². The molecular weight excluding hydrogens is 456 g/mol. The monoisotopic (exact) mass is 490 g/mol. The van der Waals surface area contributed by atoms with E-state index < -0.39 is 0 Å². The van der Waals surface area contributed by atoms with Crippen LogP contribution in [0.3, 0.4) is 0 Å². The van der Waals surface area contributed by atoms with Crippen LogP contribution in [0.2, 0.25) is 0 Å². The molecule has 1 saturated carbocycles. The molecule has 5 rings (SSSR count). The number of fused-ring (bicyclic) bond motifs is 1. The minimum atomic E-state index is -0.0992. The lowest BCUT2D eigenvalue weighted by Crippen LogP contribution is -2.33. The lowest BCUT2D eigenvalue weighted by atomic mass is 9.95. The van der Waals surface area contributed by atoms with Crippen molar-refractivity contribution in [3.05, 3.63) is 70.2 Å². The predicted octanol–water partition coefficient (Wildman–Crippen LogP) is 5.17. The van der Waals surface area contributed by atoms with Crippen LogP contribution >= 0.6 is 0 Å². The van der Waals surface area contributed by atoms with E-state index in [1.807, 2.05) is 48.0 Å². The normalized spacial score (nSPS) is 15.5. The van der Waals surface area contributed by atoms with Crippen LogP contribution in [0.5, 0.6) is 5.75 Å². The van der Waals surface area contributed by atoms with Crippen LogP contribution in [0, 0.1) is 0 Å². The molecule has 1 aromatic carbocycles. The summed E-state index contributed by atoms with van der Waals surface area (Å²) >= 11 is 0. The number of aromatic amines is 1. The molecule has 0 spiro atoms. The van der Waals surface area contributed by atoms with Crippen LogP contribution in [-0.2, 0) is 13.1 Å². The Kier molecular flexibility index (Phi) is 7.46. The second kappa shape index (κ2) is 11.1. The Hall–Kier alpha value is -3.46. The maximum Gasteiger partial charge on any atom is 0.252 e. The maximum absolute atomic E-state index is 13.1. The molecule has 1 atom stereocenters. The van der Waals surface area contributed by atoms with E-state index in [0.717, 1.165) is 47.5 Å². The molecular formula is C27H34N6O3. The molecule has 9 nitrogen and oxygen atoms in total. The first-order chi connectivity index (χ1) is 17.7. The largest absolute Gasteiger partial charge is 0.494 e. The minimum absolute atomic E-state index is 0.0723. The lowest BCUT2D eigenvalue weighted by molar-refractivity contribution is 0.144. The first-order valence-electron chi connectivity index (χ1n) is 13.0. The quantitative estimate of drug-likeness (QED) is 0.327. The fourth-order valence-electron chi connectivity index (χ4n) is 5.31. The summed E-state index contributed by atoms with van der Waals surface area (Å²) in [7, 11) is 0. The summed E-state index contributed by atoms with van der Waals surface area (Å²) in [4.78, 5) is 18.4. The Bertz CT molecular complexity index is 1320. The number of nitrogens with zero attached hydrogens (tertiary/aromatic N) is 5. The molecule has 4 aromatic rings. The molecule has 0 aliphatic heterocycles. The van der Waals surface area contributed by atoms with E-state index >= 15 is 0 Å². The zero-order valence-corrected chi connectivity index (χ0v) is 21.0. The molecule has 0 bridgehead atoms. The number of aromatic nitrogens is 5. The van der Waals surface area contributed by atoms with Crippen molar-refractivity contribution in [1.82, 2.24) is 30.1 Å². The number of ether oxygens (including phenoxy) is 1. The number of furan rings is 1. The highest BCUT2D eigenvalue weighted by molar-refractivity contribution is 5.80. The van der Waals surface area contributed by atoms with Crippen molar-refractivity contribution in [2.45, 2.75) is 77.5 Å². The van der Waals surface area contributed by atoms with Gasteiger partial charge in [-0.2, -0.15) is 0 Å². The third-order valence-corrected chi connectivity index (χ3v) is 7.08. The number of rotatable bonds is 10. The van der Waals surface area contributed by atoms with Gasteiger partial charge in [-0.05, 0) is 73.0 Å². The van der Waals surface area contributed by atoms with Crippen LogP contribution in [0.15, 0.2) is 51.9 Å². The Labute approximate surface area is 210 Å². The third kappa shape index (κ3) is 5.21. The summed E-state index contributed by atoms with van der Waals surface area (Å²) in [5.41, 5.74) is 1.37. The van der Waals surface area contributed by atoms with Crippen LogP contribution in [0.1, 0.15) is 81.6 Å². The summed E-state index contributed by atoms with van der Waals surface area (Å²) in [6.07, 6.45) is 8.34. The SMILES string of the molecule is CCOc1ccc2[nH]c(=O)c(CN(Cc3ccco3)[C@H](CC)c3nnnn3C3CCCCC3)cc2c1. The van der Waals surface area contributed by atoms with Gasteiger partial charge in [0, 0.05) is 23.0 Å². The number of benzene rings is 1. The van der Waals surface area contributed by atoms with Gasteiger partial charge in [-0.3, -0.25) is 9.69 Å². The molecule has 3 aromatic heterocycles. The number of H-pyrrole nitrogens is 1. The highest BCUT2D eigenvalue weighted by atomic mass is 16.5. The highest BCUT2D eigenvalue weighted by Crippen LogP contribution is 2.33. The number of nitrogens with one attached hydrogen (secondary N) is 1. The van der Waals surface area contributed by atoms with Crippen molar-refractivity contribution in [2.24, 2.45) is 0 Å². The van der Waals surface area contributed by atoms with Gasteiger partial charge in [0.15, 0.2) is 5.82 Å². The molecule has 3 heterocycles. The molecule has 9 heteroatoms. The van der Waals surface area contributed by atoms with Gasteiger partial charge in [-0.1, -0.05) is 26.2 Å². The van der Waals surface area contributed by atoms with E-state index in [4.69, 9.17) is 9.15 Å². The molecule has 36 heavy (non-hydrogen) atoms. The summed E-state index contributed by atoms with van der Waals surface area (Å²) < 4.78 is 13.4. The molecule has 1 fully saturated rings. The van der Waals surface area contributed by atoms with E-state index in [-0.39, 0.29) is 11.6 Å². The standard InChI is InChI=1S/C27H34N6O3/c1-3-25(26-29-30-31-33(26)21-9-6-5-7-10-21)32(18-23-11-8-14-36-23)17-20-15-19-16-22(35-4-2)12-13-24(19)28-27(20)34/h8,11-16,21,25H,3-7,9-10,17-18H2,1-2H3,(H,28,34)/t25-/m1/s1. The number of hydrogen-bond acceptors (Lipinski definition) is 7. The predicted molar refractivity (Wildman–Crippen MR) is 137 cm³/mol. The van der Waals surface area contributed by atoms with Gasteiger partial charge in [-0.25, -0.2) is 4.68 Å². The number of hydrogen-bond donors (Lipinski definition) is 1. The number of pyridine rings is 1. The Balaban J connectivity index is 1.50. The van der Waals surface area contributed by atoms with E-state index in [1.54, 1.807) is 6.26 Å².